The van der Waals surface area contributed by atoms with Crippen molar-refractivity contribution in [1.29, 1.82) is 0 Å². The van der Waals surface area contributed by atoms with Gasteiger partial charge in [-0.05, 0) is 6.07 Å². The van der Waals surface area contributed by atoms with Crippen LogP contribution in [0.15, 0.2) is 30.6 Å². The molecule has 5 heteroatoms. The molecule has 0 atom stereocenters. The van der Waals surface area contributed by atoms with Crippen LogP contribution in [-0.2, 0) is 0 Å². The monoisotopic (exact) mass is 202 g/mol. The van der Waals surface area contributed by atoms with Crippen molar-refractivity contribution in [3.63, 3.8) is 0 Å². The van der Waals surface area contributed by atoms with E-state index in [4.69, 9.17) is 5.73 Å². The van der Waals surface area contributed by atoms with Crippen molar-refractivity contribution in [3.8, 4) is 0 Å². The van der Waals surface area contributed by atoms with Crippen LogP contribution in [0.5, 0.6) is 0 Å². The molecule has 2 aromatic heterocycles. The van der Waals surface area contributed by atoms with Gasteiger partial charge in [-0.1, -0.05) is 18.2 Å². The quantitative estimate of drug-likeness (QED) is 0.565. The van der Waals surface area contributed by atoms with Crippen molar-refractivity contribution in [1.82, 2.24) is 15.0 Å². The van der Waals surface area contributed by atoms with Crippen molar-refractivity contribution in [2.24, 2.45) is 0 Å². The minimum atomic E-state index is 0. The van der Waals surface area contributed by atoms with Crippen molar-refractivity contribution in [2.75, 3.05) is 5.73 Å². The van der Waals surface area contributed by atoms with Gasteiger partial charge in [-0.15, -0.1) is 0 Å². The average molecular weight is 202 g/mol. The van der Waals surface area contributed by atoms with E-state index < -0.39 is 0 Å². The maximum atomic E-state index is 5.78. The first-order valence-corrected chi connectivity index (χ1v) is 4.33. The highest BCUT2D eigenvalue weighted by Crippen LogP contribution is 2.24. The Morgan fingerprint density at radius 1 is 1.20 bits per heavy atom. The van der Waals surface area contributed by atoms with E-state index in [-0.39, 0.29) is 5.48 Å². The van der Waals surface area contributed by atoms with Gasteiger partial charge in [-0.2, -0.15) is 0 Å². The number of pyridine rings is 1. The first kappa shape index (κ1) is 9.42. The number of fused-ring (bicyclic) bond motifs is 3. The lowest BCUT2D eigenvalue weighted by atomic mass is 10.2. The molecule has 5 N–H and O–H groups in total. The second kappa shape index (κ2) is 3.21. The number of anilines is 1. The Hall–Kier alpha value is -2.14. The van der Waals surface area contributed by atoms with Crippen LogP contribution in [0.3, 0.4) is 0 Å². The van der Waals surface area contributed by atoms with Crippen LogP contribution in [0, 0.1) is 0 Å². The van der Waals surface area contributed by atoms with Crippen LogP contribution in [0.1, 0.15) is 0 Å². The number of nitrogen functional groups attached to an aromatic ring is 1. The molecule has 0 aliphatic heterocycles. The Labute approximate surface area is 85.3 Å². The zero-order chi connectivity index (χ0) is 9.54. The number of nitrogens with two attached hydrogens (primary N) is 1. The first-order valence-electron chi connectivity index (χ1n) is 4.33. The van der Waals surface area contributed by atoms with Gasteiger partial charge in [0, 0.05) is 5.39 Å². The van der Waals surface area contributed by atoms with Gasteiger partial charge in [0.15, 0.2) is 0 Å². The molecule has 15 heavy (non-hydrogen) atoms. The van der Waals surface area contributed by atoms with E-state index in [0.717, 1.165) is 21.9 Å². The molecule has 0 fully saturated rings. The molecule has 2 heterocycles. The normalized spacial score (nSPS) is 10.4. The number of benzene rings is 1. The van der Waals surface area contributed by atoms with Gasteiger partial charge in [-0.25, -0.2) is 9.97 Å². The van der Waals surface area contributed by atoms with Gasteiger partial charge in [0.25, 0.3) is 0 Å². The molecule has 3 rings (SSSR count). The first-order chi connectivity index (χ1) is 6.86. The molecule has 0 aliphatic rings. The summed E-state index contributed by atoms with van der Waals surface area (Å²) < 4.78 is 0. The predicted molar refractivity (Wildman–Crippen MR) is 59.4 cm³/mol. The Kier molecular flexibility index (Phi) is 2.02. The van der Waals surface area contributed by atoms with E-state index in [0.29, 0.717) is 5.82 Å². The van der Waals surface area contributed by atoms with Crippen LogP contribution in [0.25, 0.3) is 21.9 Å². The number of aromatic nitrogens is 3. The molecular formula is C10H10N4O. The molecule has 0 aliphatic carbocycles. The standard InChI is InChI=1S/C10H8N4.H2O/c11-10-9-8(12-5-13-9)6-3-1-2-4-7(6)14-10;/h1-5H,(H2,11,14)(H,12,13);1H2. The molecule has 0 spiro atoms. The molecule has 0 saturated heterocycles. The fourth-order valence-corrected chi connectivity index (χ4v) is 1.65. The van der Waals surface area contributed by atoms with E-state index in [1.165, 1.54) is 0 Å². The summed E-state index contributed by atoms with van der Waals surface area (Å²) in [5, 5.41) is 1.03. The minimum absolute atomic E-state index is 0. The maximum Gasteiger partial charge on any atom is 0.150 e. The predicted octanol–water partition coefficient (Wildman–Crippen LogP) is 0.869. The third-order valence-electron chi connectivity index (χ3n) is 2.30. The molecule has 76 valence electrons. The topological polar surface area (TPSA) is 99.1 Å². The van der Waals surface area contributed by atoms with Gasteiger partial charge in [0.2, 0.25) is 0 Å². The summed E-state index contributed by atoms with van der Waals surface area (Å²) in [6, 6.07) is 7.83. The van der Waals surface area contributed by atoms with E-state index in [1.807, 2.05) is 24.3 Å². The molecule has 0 unspecified atom stereocenters. The molecule has 1 aromatic carbocycles. The number of nitrogens with zero attached hydrogens (tertiary/aromatic N) is 2. The molecule has 0 radical (unpaired) electrons. The van der Waals surface area contributed by atoms with Crippen LogP contribution < -0.4 is 5.73 Å². The van der Waals surface area contributed by atoms with Crippen LogP contribution in [-0.4, -0.2) is 20.4 Å². The number of H-pyrrole nitrogens is 1. The summed E-state index contributed by atoms with van der Waals surface area (Å²) in [5.41, 5.74) is 8.36. The fraction of sp³-hybridized carbons (Fsp3) is 0. The minimum Gasteiger partial charge on any atom is -0.412 e. The summed E-state index contributed by atoms with van der Waals surface area (Å²) in [6.45, 7) is 0. The molecule has 0 amide bonds. The van der Waals surface area contributed by atoms with Gasteiger partial charge >= 0.3 is 0 Å². The van der Waals surface area contributed by atoms with E-state index >= 15 is 0 Å². The number of imidazole rings is 1. The zero-order valence-corrected chi connectivity index (χ0v) is 7.86. The Morgan fingerprint density at radius 3 is 2.87 bits per heavy atom. The summed E-state index contributed by atoms with van der Waals surface area (Å²) in [5.74, 6) is 0.496. The number of hydrogen-bond donors (Lipinski definition) is 2. The Balaban J connectivity index is 0.000000853. The summed E-state index contributed by atoms with van der Waals surface area (Å²) in [7, 11) is 0. The average Bonchev–Trinajstić information content (AvgIpc) is 2.67. The van der Waals surface area contributed by atoms with Crippen LogP contribution >= 0.6 is 0 Å². The largest absolute Gasteiger partial charge is 0.412 e. The third kappa shape index (κ3) is 1.21. The number of nitrogens with one attached hydrogen (secondary N) is 1. The van der Waals surface area contributed by atoms with E-state index in [2.05, 4.69) is 15.0 Å². The lowest BCUT2D eigenvalue weighted by Gasteiger charge is -1.99. The lowest BCUT2D eigenvalue weighted by Crippen LogP contribution is -1.92. The molecule has 5 nitrogen and oxygen atoms in total. The van der Waals surface area contributed by atoms with Gasteiger partial charge < -0.3 is 16.2 Å². The SMILES string of the molecule is Nc1nc2ccccc2c2nc[nH]c12.O. The molecule has 0 bridgehead atoms. The van der Waals surface area contributed by atoms with Crippen LogP contribution in [0.4, 0.5) is 5.82 Å². The molecular weight excluding hydrogens is 192 g/mol. The Bertz CT molecular complexity index is 617. The van der Waals surface area contributed by atoms with Gasteiger partial charge in [0.1, 0.15) is 16.9 Å². The highest BCUT2D eigenvalue weighted by Gasteiger charge is 2.06. The second-order valence-corrected chi connectivity index (χ2v) is 3.14. The summed E-state index contributed by atoms with van der Waals surface area (Å²) >= 11 is 0. The number of rotatable bonds is 0. The van der Waals surface area contributed by atoms with Crippen molar-refractivity contribution >= 4 is 27.8 Å². The fourth-order valence-electron chi connectivity index (χ4n) is 1.65. The Morgan fingerprint density at radius 2 is 2.00 bits per heavy atom. The van der Waals surface area contributed by atoms with Crippen LogP contribution in [0.2, 0.25) is 0 Å². The van der Waals surface area contributed by atoms with E-state index in [9.17, 15) is 0 Å². The molecule has 3 aromatic rings. The second-order valence-electron chi connectivity index (χ2n) is 3.14. The summed E-state index contributed by atoms with van der Waals surface area (Å²) in [4.78, 5) is 11.5. The van der Waals surface area contributed by atoms with Gasteiger partial charge in [-0.3, -0.25) is 0 Å². The number of aromatic amines is 1. The maximum absolute atomic E-state index is 5.78. The number of para-hydroxylation sites is 1. The smallest absolute Gasteiger partial charge is 0.150 e. The summed E-state index contributed by atoms with van der Waals surface area (Å²) in [6.07, 6.45) is 1.63. The van der Waals surface area contributed by atoms with E-state index in [1.54, 1.807) is 6.33 Å². The number of hydrogen-bond acceptors (Lipinski definition) is 3. The highest BCUT2D eigenvalue weighted by molar-refractivity contribution is 6.05. The third-order valence-corrected chi connectivity index (χ3v) is 2.30. The van der Waals surface area contributed by atoms with Crippen molar-refractivity contribution < 1.29 is 5.48 Å². The molecule has 0 saturated carbocycles. The zero-order valence-electron chi connectivity index (χ0n) is 7.86. The van der Waals surface area contributed by atoms with Crippen molar-refractivity contribution in [3.05, 3.63) is 30.6 Å². The van der Waals surface area contributed by atoms with Gasteiger partial charge in [0.05, 0.1) is 11.8 Å². The highest BCUT2D eigenvalue weighted by atomic mass is 16.0. The lowest BCUT2D eigenvalue weighted by molar-refractivity contribution is 0.824. The van der Waals surface area contributed by atoms with Crippen molar-refractivity contribution in [2.45, 2.75) is 0 Å².